The highest BCUT2D eigenvalue weighted by Gasteiger charge is 2.23. The molecule has 0 radical (unpaired) electrons. The van der Waals surface area contributed by atoms with Crippen LogP contribution < -0.4 is 10.7 Å². The van der Waals surface area contributed by atoms with Crippen LogP contribution in [-0.2, 0) is 16.6 Å². The number of halogens is 4. The summed E-state index contributed by atoms with van der Waals surface area (Å²) in [6.07, 6.45) is 0. The Bertz CT molecular complexity index is 1560. The van der Waals surface area contributed by atoms with Crippen LogP contribution in [0.5, 0.6) is 0 Å². The molecule has 0 aliphatic rings. The molecule has 0 unspecified atom stereocenters. The second kappa shape index (κ2) is 8.00. The van der Waals surface area contributed by atoms with Gasteiger partial charge in [0.25, 0.3) is 5.56 Å². The van der Waals surface area contributed by atoms with E-state index in [1.165, 1.54) is 29.8 Å². The van der Waals surface area contributed by atoms with Crippen molar-refractivity contribution < 1.29 is 17.2 Å². The molecule has 1 heterocycles. The van der Waals surface area contributed by atoms with Crippen LogP contribution in [0.1, 0.15) is 11.1 Å². The van der Waals surface area contributed by atoms with E-state index in [-0.39, 0.29) is 32.4 Å². The lowest BCUT2D eigenvalue weighted by atomic mass is 10.0. The smallest absolute Gasteiger partial charge is 0.272 e. The van der Waals surface area contributed by atoms with Gasteiger partial charge in [-0.3, -0.25) is 14.6 Å². The number of nitrogens with one attached hydrogen (secondary N) is 1. The van der Waals surface area contributed by atoms with E-state index in [1.54, 1.807) is 12.1 Å². The Balaban J connectivity index is 1.85. The molecule has 4 aromatic rings. The Morgan fingerprint density at radius 2 is 1.78 bits per heavy atom. The fourth-order valence-electron chi connectivity index (χ4n) is 3.63. The predicted octanol–water partition coefficient (Wildman–Crippen LogP) is 4.59. The third-order valence-corrected chi connectivity index (χ3v) is 6.91. The van der Waals surface area contributed by atoms with Crippen LogP contribution in [0.3, 0.4) is 0 Å². The average Bonchev–Trinajstić information content (AvgIpc) is 2.98. The first-order valence-electron chi connectivity index (χ1n) is 9.15. The summed E-state index contributed by atoms with van der Waals surface area (Å²) in [5.41, 5.74) is 1.43. The van der Waals surface area contributed by atoms with Crippen molar-refractivity contribution in [3.05, 3.63) is 85.6 Å². The summed E-state index contributed by atoms with van der Waals surface area (Å²) in [6, 6.07) is 9.66. The van der Waals surface area contributed by atoms with Gasteiger partial charge in [0.2, 0.25) is 10.0 Å². The lowest BCUT2D eigenvalue weighted by molar-refractivity contribution is 0.506. The van der Waals surface area contributed by atoms with Crippen molar-refractivity contribution in [1.82, 2.24) is 9.78 Å². The number of aromatic amines is 1. The molecule has 0 bridgehead atoms. The SMILES string of the molecule is Cc1cc(Cl)c(-c2ccc3c(c2)c(=O)[nH]n3Cc2ccc(F)c(F)c2)c(Cl)c1S(N)(=O)=O. The molecule has 4 rings (SSSR count). The number of aromatic nitrogens is 2. The molecule has 0 amide bonds. The zero-order valence-electron chi connectivity index (χ0n) is 16.4. The quantitative estimate of drug-likeness (QED) is 0.431. The van der Waals surface area contributed by atoms with E-state index >= 15 is 0 Å². The lowest BCUT2D eigenvalue weighted by Crippen LogP contribution is -2.14. The van der Waals surface area contributed by atoms with Crippen molar-refractivity contribution in [2.24, 2.45) is 5.14 Å². The molecule has 1 aromatic heterocycles. The van der Waals surface area contributed by atoms with Crippen LogP contribution in [0.2, 0.25) is 10.0 Å². The van der Waals surface area contributed by atoms with Gasteiger partial charge in [0, 0.05) is 5.56 Å². The van der Waals surface area contributed by atoms with Crippen LogP contribution in [0, 0.1) is 18.6 Å². The first-order chi connectivity index (χ1) is 15.0. The topological polar surface area (TPSA) is 97.9 Å². The van der Waals surface area contributed by atoms with E-state index in [0.717, 1.165) is 12.1 Å². The normalized spacial score (nSPS) is 11.9. The highest BCUT2D eigenvalue weighted by atomic mass is 35.5. The van der Waals surface area contributed by atoms with Crippen molar-refractivity contribution in [3.63, 3.8) is 0 Å². The zero-order valence-corrected chi connectivity index (χ0v) is 18.7. The van der Waals surface area contributed by atoms with Crippen molar-refractivity contribution in [2.75, 3.05) is 0 Å². The fourth-order valence-corrected chi connectivity index (χ4v) is 5.59. The van der Waals surface area contributed by atoms with Crippen LogP contribution in [-0.4, -0.2) is 18.2 Å². The predicted molar refractivity (Wildman–Crippen MR) is 120 cm³/mol. The zero-order chi connectivity index (χ0) is 23.4. The van der Waals surface area contributed by atoms with Crippen LogP contribution in [0.25, 0.3) is 22.0 Å². The molecule has 0 spiro atoms. The van der Waals surface area contributed by atoms with Gasteiger partial charge in [-0.2, -0.15) is 0 Å². The number of nitrogens with two attached hydrogens (primary N) is 1. The van der Waals surface area contributed by atoms with Gasteiger partial charge in [0.15, 0.2) is 11.6 Å². The first-order valence-corrected chi connectivity index (χ1v) is 11.5. The molecule has 3 aromatic carbocycles. The standard InChI is InChI=1S/C21H15Cl2F2N3O3S/c1-10-6-14(22)18(19(23)20(10)32(26,30)31)12-3-5-17-13(8-12)21(29)27-28(17)9-11-2-4-15(24)16(25)7-11/h2-8H,9H2,1H3,(H,27,29)(H2,26,30,31). The molecule has 0 aliphatic heterocycles. The van der Waals surface area contributed by atoms with Crippen LogP contribution in [0.15, 0.2) is 52.2 Å². The Morgan fingerprint density at radius 1 is 1.06 bits per heavy atom. The molecule has 11 heteroatoms. The summed E-state index contributed by atoms with van der Waals surface area (Å²) < 4.78 is 52.2. The van der Waals surface area contributed by atoms with Crippen molar-refractivity contribution in [2.45, 2.75) is 18.4 Å². The van der Waals surface area contributed by atoms with Gasteiger partial charge in [-0.1, -0.05) is 35.3 Å². The van der Waals surface area contributed by atoms with E-state index in [1.807, 2.05) is 0 Å². The molecular formula is C21H15Cl2F2N3O3S. The van der Waals surface area contributed by atoms with Gasteiger partial charge >= 0.3 is 0 Å². The van der Waals surface area contributed by atoms with Gasteiger partial charge in [-0.05, 0) is 53.9 Å². The second-order valence-corrected chi connectivity index (χ2v) is 9.53. The molecule has 6 nitrogen and oxygen atoms in total. The number of H-pyrrole nitrogens is 1. The maximum atomic E-state index is 13.5. The number of rotatable bonds is 4. The van der Waals surface area contributed by atoms with E-state index in [0.29, 0.717) is 22.2 Å². The minimum absolute atomic E-state index is 0.0941. The van der Waals surface area contributed by atoms with Crippen molar-refractivity contribution in [3.8, 4) is 11.1 Å². The summed E-state index contributed by atoms with van der Waals surface area (Å²) in [5, 5.41) is 8.27. The van der Waals surface area contributed by atoms with Crippen LogP contribution >= 0.6 is 23.2 Å². The fraction of sp³-hybridized carbons (Fsp3) is 0.0952. The summed E-state index contributed by atoms with van der Waals surface area (Å²) in [5.74, 6) is -1.95. The Labute approximate surface area is 191 Å². The largest absolute Gasteiger partial charge is 0.280 e. The van der Waals surface area contributed by atoms with Gasteiger partial charge in [-0.15, -0.1) is 0 Å². The number of nitrogens with zero attached hydrogens (tertiary/aromatic N) is 1. The van der Waals surface area contributed by atoms with Gasteiger partial charge in [0.1, 0.15) is 4.90 Å². The van der Waals surface area contributed by atoms with E-state index in [2.05, 4.69) is 5.10 Å². The number of fused-ring (bicyclic) bond motifs is 1. The summed E-state index contributed by atoms with van der Waals surface area (Å²) in [7, 11) is -4.12. The number of hydrogen-bond acceptors (Lipinski definition) is 3. The lowest BCUT2D eigenvalue weighted by Gasteiger charge is -2.14. The van der Waals surface area contributed by atoms with Gasteiger partial charge in [-0.25, -0.2) is 22.3 Å². The number of benzene rings is 3. The molecule has 0 saturated heterocycles. The molecule has 0 fully saturated rings. The van der Waals surface area contributed by atoms with E-state index < -0.39 is 27.2 Å². The highest BCUT2D eigenvalue weighted by molar-refractivity contribution is 7.89. The average molecular weight is 498 g/mol. The molecule has 3 N–H and O–H groups in total. The minimum atomic E-state index is -4.12. The van der Waals surface area contributed by atoms with Gasteiger partial charge < -0.3 is 0 Å². The maximum Gasteiger partial charge on any atom is 0.272 e. The van der Waals surface area contributed by atoms with Gasteiger partial charge in [0.05, 0.1) is 27.5 Å². The van der Waals surface area contributed by atoms with Crippen molar-refractivity contribution in [1.29, 1.82) is 0 Å². The third kappa shape index (κ3) is 3.93. The Hall–Kier alpha value is -2.72. The second-order valence-electron chi connectivity index (χ2n) is 7.25. The Kier molecular flexibility index (Phi) is 5.62. The van der Waals surface area contributed by atoms with Crippen molar-refractivity contribution >= 4 is 44.1 Å². The summed E-state index contributed by atoms with van der Waals surface area (Å²) in [6.45, 7) is 1.62. The third-order valence-electron chi connectivity index (χ3n) is 5.03. The molecule has 0 atom stereocenters. The van der Waals surface area contributed by atoms with E-state index in [9.17, 15) is 22.0 Å². The molecule has 166 valence electrons. The first kappa shape index (κ1) is 22.5. The molecule has 32 heavy (non-hydrogen) atoms. The van der Waals surface area contributed by atoms with E-state index in [4.69, 9.17) is 28.3 Å². The number of primary sulfonamides is 1. The maximum absolute atomic E-state index is 13.5. The minimum Gasteiger partial charge on any atom is -0.280 e. The monoisotopic (exact) mass is 497 g/mol. The number of aryl methyl sites for hydroxylation is 1. The number of sulfonamides is 1. The highest BCUT2D eigenvalue weighted by Crippen LogP contribution is 2.40. The summed E-state index contributed by atoms with van der Waals surface area (Å²) >= 11 is 12.7. The molecular weight excluding hydrogens is 483 g/mol. The summed E-state index contributed by atoms with van der Waals surface area (Å²) in [4.78, 5) is 12.3. The van der Waals surface area contributed by atoms with Crippen LogP contribution in [0.4, 0.5) is 8.78 Å². The Morgan fingerprint density at radius 3 is 2.44 bits per heavy atom. The number of hydrogen-bond donors (Lipinski definition) is 2. The molecule has 0 saturated carbocycles. The molecule has 0 aliphatic carbocycles.